The Morgan fingerprint density at radius 3 is 3.00 bits per heavy atom. The van der Waals surface area contributed by atoms with Crippen molar-refractivity contribution in [2.75, 3.05) is 13.7 Å². The summed E-state index contributed by atoms with van der Waals surface area (Å²) in [5.41, 5.74) is 3.08. The SMILES string of the molecule is COc1c(CCC(=O)O)c(C)cc2c1CCO2. The lowest BCUT2D eigenvalue weighted by atomic mass is 9.97. The first-order valence-corrected chi connectivity index (χ1v) is 5.67. The minimum Gasteiger partial charge on any atom is -0.496 e. The maximum absolute atomic E-state index is 10.7. The molecule has 1 heterocycles. The Balaban J connectivity index is 2.39. The van der Waals surface area contributed by atoms with Crippen molar-refractivity contribution in [2.24, 2.45) is 0 Å². The van der Waals surface area contributed by atoms with Gasteiger partial charge in [-0.3, -0.25) is 4.79 Å². The van der Waals surface area contributed by atoms with E-state index in [0.717, 1.165) is 34.6 Å². The quantitative estimate of drug-likeness (QED) is 0.868. The van der Waals surface area contributed by atoms with Crippen molar-refractivity contribution in [3.8, 4) is 11.5 Å². The van der Waals surface area contributed by atoms with E-state index in [1.54, 1.807) is 7.11 Å². The number of benzene rings is 1. The minimum atomic E-state index is -0.789. The number of carboxylic acid groups (broad SMARTS) is 1. The fourth-order valence-corrected chi connectivity index (χ4v) is 2.26. The Morgan fingerprint density at radius 2 is 2.35 bits per heavy atom. The molecule has 0 aliphatic carbocycles. The van der Waals surface area contributed by atoms with Crippen LogP contribution in [0.1, 0.15) is 23.1 Å². The van der Waals surface area contributed by atoms with Crippen molar-refractivity contribution in [1.29, 1.82) is 0 Å². The Bertz CT molecular complexity index is 451. The number of ether oxygens (including phenoxy) is 2. The van der Waals surface area contributed by atoms with Crippen LogP contribution in [0.2, 0.25) is 0 Å². The van der Waals surface area contributed by atoms with Gasteiger partial charge in [-0.15, -0.1) is 0 Å². The summed E-state index contributed by atoms with van der Waals surface area (Å²) in [6.45, 7) is 2.63. The van der Waals surface area contributed by atoms with Crippen molar-refractivity contribution in [3.05, 3.63) is 22.8 Å². The van der Waals surface area contributed by atoms with Gasteiger partial charge >= 0.3 is 5.97 Å². The van der Waals surface area contributed by atoms with Crippen LogP contribution in [-0.2, 0) is 17.6 Å². The predicted octanol–water partition coefficient (Wildman–Crippen LogP) is 1.96. The zero-order valence-corrected chi connectivity index (χ0v) is 10.1. The highest BCUT2D eigenvalue weighted by Crippen LogP contribution is 2.38. The van der Waals surface area contributed by atoms with Gasteiger partial charge in [0.1, 0.15) is 11.5 Å². The van der Waals surface area contributed by atoms with Crippen molar-refractivity contribution in [1.82, 2.24) is 0 Å². The van der Waals surface area contributed by atoms with Crippen LogP contribution in [0.25, 0.3) is 0 Å². The molecule has 0 bridgehead atoms. The molecule has 1 aliphatic heterocycles. The first kappa shape index (κ1) is 11.8. The van der Waals surface area contributed by atoms with Gasteiger partial charge in [-0.05, 0) is 30.5 Å². The van der Waals surface area contributed by atoms with Crippen LogP contribution in [0.15, 0.2) is 6.07 Å². The molecule has 0 fully saturated rings. The van der Waals surface area contributed by atoms with Crippen LogP contribution in [0.3, 0.4) is 0 Å². The second-order valence-corrected chi connectivity index (χ2v) is 4.17. The van der Waals surface area contributed by atoms with Crippen molar-refractivity contribution in [2.45, 2.75) is 26.2 Å². The first-order chi connectivity index (χ1) is 8.13. The van der Waals surface area contributed by atoms with Gasteiger partial charge in [0.2, 0.25) is 0 Å². The summed E-state index contributed by atoms with van der Waals surface area (Å²) >= 11 is 0. The molecule has 0 radical (unpaired) electrons. The van der Waals surface area contributed by atoms with Gasteiger partial charge in [-0.25, -0.2) is 0 Å². The molecule has 0 saturated carbocycles. The number of hydrogen-bond donors (Lipinski definition) is 1. The number of carboxylic acids is 1. The molecule has 1 aromatic carbocycles. The summed E-state index contributed by atoms with van der Waals surface area (Å²) in [7, 11) is 1.62. The van der Waals surface area contributed by atoms with Gasteiger partial charge in [0.05, 0.1) is 13.7 Å². The van der Waals surface area contributed by atoms with Gasteiger partial charge in [-0.1, -0.05) is 0 Å². The third kappa shape index (κ3) is 2.20. The van der Waals surface area contributed by atoms with E-state index in [9.17, 15) is 4.79 Å². The highest BCUT2D eigenvalue weighted by Gasteiger charge is 2.22. The topological polar surface area (TPSA) is 55.8 Å². The molecule has 2 rings (SSSR count). The van der Waals surface area contributed by atoms with E-state index in [0.29, 0.717) is 13.0 Å². The fourth-order valence-electron chi connectivity index (χ4n) is 2.26. The molecule has 1 aromatic rings. The standard InChI is InChI=1S/C13H16O4/c1-8-7-11-10(5-6-17-11)13(16-2)9(8)3-4-12(14)15/h7H,3-6H2,1-2H3,(H,14,15). The first-order valence-electron chi connectivity index (χ1n) is 5.67. The number of methoxy groups -OCH3 is 1. The average Bonchev–Trinajstić information content (AvgIpc) is 2.72. The maximum Gasteiger partial charge on any atom is 0.303 e. The molecule has 17 heavy (non-hydrogen) atoms. The van der Waals surface area contributed by atoms with Crippen LogP contribution < -0.4 is 9.47 Å². The summed E-state index contributed by atoms with van der Waals surface area (Å²) in [6, 6.07) is 1.97. The largest absolute Gasteiger partial charge is 0.496 e. The second kappa shape index (κ2) is 4.65. The lowest BCUT2D eigenvalue weighted by molar-refractivity contribution is -0.136. The van der Waals surface area contributed by atoms with Crippen LogP contribution >= 0.6 is 0 Å². The number of hydrogen-bond acceptors (Lipinski definition) is 3. The zero-order chi connectivity index (χ0) is 12.4. The summed E-state index contributed by atoms with van der Waals surface area (Å²) in [5, 5.41) is 8.76. The van der Waals surface area contributed by atoms with Crippen LogP contribution in [0.4, 0.5) is 0 Å². The molecule has 0 unspecified atom stereocenters. The Morgan fingerprint density at radius 1 is 1.59 bits per heavy atom. The summed E-state index contributed by atoms with van der Waals surface area (Å²) in [6.07, 6.45) is 1.45. The second-order valence-electron chi connectivity index (χ2n) is 4.17. The lowest BCUT2D eigenvalue weighted by Gasteiger charge is -2.14. The maximum atomic E-state index is 10.7. The molecule has 4 heteroatoms. The molecule has 0 amide bonds. The molecule has 0 aromatic heterocycles. The van der Waals surface area contributed by atoms with E-state index in [1.165, 1.54) is 0 Å². The van der Waals surface area contributed by atoms with Crippen molar-refractivity contribution >= 4 is 5.97 Å². The van der Waals surface area contributed by atoms with Crippen LogP contribution in [0.5, 0.6) is 11.5 Å². The highest BCUT2D eigenvalue weighted by molar-refractivity contribution is 5.68. The van der Waals surface area contributed by atoms with E-state index in [-0.39, 0.29) is 6.42 Å². The number of rotatable bonds is 4. The van der Waals surface area contributed by atoms with Crippen molar-refractivity contribution < 1.29 is 19.4 Å². The smallest absolute Gasteiger partial charge is 0.303 e. The van der Waals surface area contributed by atoms with E-state index < -0.39 is 5.97 Å². The van der Waals surface area contributed by atoms with Gasteiger partial charge in [-0.2, -0.15) is 0 Å². The molecule has 1 aliphatic rings. The van der Waals surface area contributed by atoms with Crippen molar-refractivity contribution in [3.63, 3.8) is 0 Å². The molecule has 4 nitrogen and oxygen atoms in total. The number of aliphatic carboxylic acids is 1. The molecule has 1 N–H and O–H groups in total. The average molecular weight is 236 g/mol. The minimum absolute atomic E-state index is 0.122. The normalized spacial score (nSPS) is 13.1. The lowest BCUT2D eigenvalue weighted by Crippen LogP contribution is -2.03. The summed E-state index contributed by atoms with van der Waals surface area (Å²) in [4.78, 5) is 10.7. The number of aryl methyl sites for hydroxylation is 1. The van der Waals surface area contributed by atoms with Gasteiger partial charge in [0.25, 0.3) is 0 Å². The van der Waals surface area contributed by atoms with E-state index in [1.807, 2.05) is 13.0 Å². The molecular formula is C13H16O4. The molecular weight excluding hydrogens is 220 g/mol. The molecule has 0 atom stereocenters. The van der Waals surface area contributed by atoms with Gasteiger partial charge in [0.15, 0.2) is 0 Å². The van der Waals surface area contributed by atoms with E-state index >= 15 is 0 Å². The third-order valence-corrected chi connectivity index (χ3v) is 3.07. The Labute approximate surface area is 100 Å². The van der Waals surface area contributed by atoms with Crippen LogP contribution in [0, 0.1) is 6.92 Å². The van der Waals surface area contributed by atoms with E-state index in [2.05, 4.69) is 0 Å². The number of fused-ring (bicyclic) bond motifs is 1. The number of carbonyl (C=O) groups is 1. The fraction of sp³-hybridized carbons (Fsp3) is 0.462. The predicted molar refractivity (Wildman–Crippen MR) is 62.9 cm³/mol. The molecule has 0 saturated heterocycles. The van der Waals surface area contributed by atoms with E-state index in [4.69, 9.17) is 14.6 Å². The highest BCUT2D eigenvalue weighted by atomic mass is 16.5. The Hall–Kier alpha value is -1.71. The monoisotopic (exact) mass is 236 g/mol. The van der Waals surface area contributed by atoms with Crippen LogP contribution in [-0.4, -0.2) is 24.8 Å². The zero-order valence-electron chi connectivity index (χ0n) is 10.1. The Kier molecular flexibility index (Phi) is 3.22. The molecule has 0 spiro atoms. The summed E-state index contributed by atoms with van der Waals surface area (Å²) in [5.74, 6) is 0.889. The third-order valence-electron chi connectivity index (χ3n) is 3.07. The van der Waals surface area contributed by atoms with Gasteiger partial charge < -0.3 is 14.6 Å². The molecule has 92 valence electrons. The van der Waals surface area contributed by atoms with Gasteiger partial charge in [0, 0.05) is 18.4 Å². The summed E-state index contributed by atoms with van der Waals surface area (Å²) < 4.78 is 10.9.